The second kappa shape index (κ2) is 6.77. The van der Waals surface area contributed by atoms with Crippen LogP contribution in [0.5, 0.6) is 0 Å². The standard InChI is InChI=1S/C13H19N5O2S/c1-5-18-14-6-11(16-18)13(19)17(3)7-10-8-21-12(15-10)9(2)20-4/h6,8-9H,5,7H2,1-4H3. The van der Waals surface area contributed by atoms with Crippen molar-refractivity contribution in [1.82, 2.24) is 24.9 Å². The molecule has 0 saturated carbocycles. The normalized spacial score (nSPS) is 12.4. The van der Waals surface area contributed by atoms with E-state index in [0.29, 0.717) is 18.8 Å². The molecule has 1 atom stereocenters. The minimum absolute atomic E-state index is 0.0331. The van der Waals surface area contributed by atoms with E-state index in [2.05, 4.69) is 15.2 Å². The number of rotatable bonds is 6. The largest absolute Gasteiger partial charge is 0.375 e. The van der Waals surface area contributed by atoms with Gasteiger partial charge < -0.3 is 9.64 Å². The zero-order chi connectivity index (χ0) is 15.4. The maximum atomic E-state index is 12.2. The SMILES string of the molecule is CCn1ncc(C(=O)N(C)Cc2csc(C(C)OC)n2)n1. The molecule has 0 radical (unpaired) electrons. The molecule has 0 aliphatic heterocycles. The molecule has 0 aliphatic rings. The lowest BCUT2D eigenvalue weighted by Crippen LogP contribution is -2.27. The third-order valence-electron chi connectivity index (χ3n) is 3.06. The summed E-state index contributed by atoms with van der Waals surface area (Å²) in [7, 11) is 3.38. The molecule has 0 saturated heterocycles. The molecular weight excluding hydrogens is 290 g/mol. The highest BCUT2D eigenvalue weighted by molar-refractivity contribution is 7.09. The second-order valence-electron chi connectivity index (χ2n) is 4.63. The molecule has 0 aliphatic carbocycles. The predicted molar refractivity (Wildman–Crippen MR) is 79.0 cm³/mol. The van der Waals surface area contributed by atoms with Crippen LogP contribution in [0.3, 0.4) is 0 Å². The fourth-order valence-electron chi connectivity index (χ4n) is 1.74. The highest BCUT2D eigenvalue weighted by Crippen LogP contribution is 2.21. The summed E-state index contributed by atoms with van der Waals surface area (Å²) in [5.41, 5.74) is 1.19. The van der Waals surface area contributed by atoms with Gasteiger partial charge in [0.1, 0.15) is 11.1 Å². The van der Waals surface area contributed by atoms with E-state index in [-0.39, 0.29) is 12.0 Å². The van der Waals surface area contributed by atoms with Crippen LogP contribution < -0.4 is 0 Å². The first-order valence-corrected chi connectivity index (χ1v) is 7.55. The molecule has 2 heterocycles. The van der Waals surface area contributed by atoms with Gasteiger partial charge in [-0.25, -0.2) is 4.98 Å². The Kier molecular flexibility index (Phi) is 5.03. The van der Waals surface area contributed by atoms with Crippen LogP contribution >= 0.6 is 11.3 Å². The summed E-state index contributed by atoms with van der Waals surface area (Å²) in [5, 5.41) is 11.0. The van der Waals surface area contributed by atoms with Crippen LogP contribution in [0.25, 0.3) is 0 Å². The molecule has 2 aromatic rings. The van der Waals surface area contributed by atoms with Crippen molar-refractivity contribution in [2.75, 3.05) is 14.2 Å². The van der Waals surface area contributed by atoms with E-state index in [9.17, 15) is 4.79 Å². The summed E-state index contributed by atoms with van der Waals surface area (Å²) < 4.78 is 5.23. The Morgan fingerprint density at radius 1 is 1.57 bits per heavy atom. The average Bonchev–Trinajstić information content (AvgIpc) is 3.14. The number of carbonyl (C=O) groups is 1. The van der Waals surface area contributed by atoms with Gasteiger partial charge >= 0.3 is 0 Å². The molecule has 0 N–H and O–H groups in total. The molecular formula is C13H19N5O2S. The minimum Gasteiger partial charge on any atom is -0.375 e. The molecule has 7 nitrogen and oxygen atoms in total. The Labute approximate surface area is 127 Å². The average molecular weight is 309 g/mol. The Hall–Kier alpha value is -1.80. The van der Waals surface area contributed by atoms with E-state index in [4.69, 9.17) is 4.74 Å². The fraction of sp³-hybridized carbons (Fsp3) is 0.538. The van der Waals surface area contributed by atoms with Gasteiger partial charge in [0, 0.05) is 19.5 Å². The quantitative estimate of drug-likeness (QED) is 0.812. The van der Waals surface area contributed by atoms with Crippen molar-refractivity contribution in [3.05, 3.63) is 28.0 Å². The first kappa shape index (κ1) is 15.6. The summed E-state index contributed by atoms with van der Waals surface area (Å²) in [6, 6.07) is 0. The summed E-state index contributed by atoms with van der Waals surface area (Å²) in [6.45, 7) is 4.94. The number of aromatic nitrogens is 4. The van der Waals surface area contributed by atoms with Crippen LogP contribution in [0.4, 0.5) is 0 Å². The fourth-order valence-corrected chi connectivity index (χ4v) is 2.58. The van der Waals surface area contributed by atoms with Gasteiger partial charge in [-0.3, -0.25) is 4.79 Å². The number of carbonyl (C=O) groups excluding carboxylic acids is 1. The highest BCUT2D eigenvalue weighted by Gasteiger charge is 2.17. The van der Waals surface area contributed by atoms with Gasteiger partial charge in [0.15, 0.2) is 5.69 Å². The van der Waals surface area contributed by atoms with Gasteiger partial charge in [-0.05, 0) is 13.8 Å². The number of nitrogens with zero attached hydrogens (tertiary/aromatic N) is 5. The lowest BCUT2D eigenvalue weighted by molar-refractivity contribution is 0.0776. The van der Waals surface area contributed by atoms with Crippen LogP contribution in [0.1, 0.15) is 41.1 Å². The summed E-state index contributed by atoms with van der Waals surface area (Å²) in [6.07, 6.45) is 1.45. The van der Waals surface area contributed by atoms with Crippen molar-refractivity contribution in [2.24, 2.45) is 0 Å². The molecule has 0 aromatic carbocycles. The number of amides is 1. The van der Waals surface area contributed by atoms with Crippen LogP contribution in [0.15, 0.2) is 11.6 Å². The van der Waals surface area contributed by atoms with Gasteiger partial charge in [0.2, 0.25) is 0 Å². The van der Waals surface area contributed by atoms with E-state index in [1.807, 2.05) is 19.2 Å². The van der Waals surface area contributed by atoms with Crippen molar-refractivity contribution < 1.29 is 9.53 Å². The molecule has 21 heavy (non-hydrogen) atoms. The van der Waals surface area contributed by atoms with Crippen LogP contribution in [0, 0.1) is 0 Å². The lowest BCUT2D eigenvalue weighted by Gasteiger charge is -2.14. The maximum absolute atomic E-state index is 12.2. The molecule has 8 heteroatoms. The van der Waals surface area contributed by atoms with Crippen molar-refractivity contribution >= 4 is 17.2 Å². The molecule has 0 fully saturated rings. The number of hydrogen-bond acceptors (Lipinski definition) is 6. The number of hydrogen-bond donors (Lipinski definition) is 0. The molecule has 0 spiro atoms. The molecule has 114 valence electrons. The van der Waals surface area contributed by atoms with Gasteiger partial charge in [-0.1, -0.05) is 0 Å². The van der Waals surface area contributed by atoms with Crippen molar-refractivity contribution in [1.29, 1.82) is 0 Å². The van der Waals surface area contributed by atoms with Crippen LogP contribution in [-0.4, -0.2) is 44.9 Å². The van der Waals surface area contributed by atoms with E-state index in [1.54, 1.807) is 19.1 Å². The Morgan fingerprint density at radius 3 is 2.95 bits per heavy atom. The van der Waals surface area contributed by atoms with E-state index >= 15 is 0 Å². The first-order valence-electron chi connectivity index (χ1n) is 6.67. The number of aryl methyl sites for hydroxylation is 1. The Balaban J connectivity index is 2.01. The lowest BCUT2D eigenvalue weighted by atomic mass is 10.3. The number of methoxy groups -OCH3 is 1. The van der Waals surface area contributed by atoms with Crippen molar-refractivity contribution in [3.63, 3.8) is 0 Å². The Morgan fingerprint density at radius 2 is 2.33 bits per heavy atom. The van der Waals surface area contributed by atoms with Gasteiger partial charge in [-0.15, -0.1) is 16.4 Å². The third-order valence-corrected chi connectivity index (χ3v) is 4.11. The summed E-state index contributed by atoms with van der Waals surface area (Å²) in [5.74, 6) is -0.163. The smallest absolute Gasteiger partial charge is 0.276 e. The van der Waals surface area contributed by atoms with E-state index in [1.165, 1.54) is 22.3 Å². The maximum Gasteiger partial charge on any atom is 0.276 e. The number of ether oxygens (including phenoxy) is 1. The molecule has 2 aromatic heterocycles. The third kappa shape index (κ3) is 3.64. The predicted octanol–water partition coefficient (Wildman–Crippen LogP) is 1.73. The second-order valence-corrected chi connectivity index (χ2v) is 5.52. The molecule has 1 amide bonds. The van der Waals surface area contributed by atoms with Gasteiger partial charge in [-0.2, -0.15) is 9.90 Å². The monoisotopic (exact) mass is 309 g/mol. The molecule has 2 rings (SSSR count). The minimum atomic E-state index is -0.163. The van der Waals surface area contributed by atoms with E-state index in [0.717, 1.165) is 10.7 Å². The number of thiazole rings is 1. The zero-order valence-corrected chi connectivity index (χ0v) is 13.4. The van der Waals surface area contributed by atoms with Crippen molar-refractivity contribution in [2.45, 2.75) is 33.0 Å². The topological polar surface area (TPSA) is 73.1 Å². The van der Waals surface area contributed by atoms with Crippen molar-refractivity contribution in [3.8, 4) is 0 Å². The van der Waals surface area contributed by atoms with Crippen LogP contribution in [0.2, 0.25) is 0 Å². The highest BCUT2D eigenvalue weighted by atomic mass is 32.1. The summed E-state index contributed by atoms with van der Waals surface area (Å²) >= 11 is 1.53. The van der Waals surface area contributed by atoms with Crippen LogP contribution in [-0.2, 0) is 17.8 Å². The Bertz CT molecular complexity index is 609. The first-order chi connectivity index (χ1) is 10.0. The summed E-state index contributed by atoms with van der Waals surface area (Å²) in [4.78, 5) is 19.8. The van der Waals surface area contributed by atoms with E-state index < -0.39 is 0 Å². The van der Waals surface area contributed by atoms with Gasteiger partial charge in [0.25, 0.3) is 5.91 Å². The molecule has 1 unspecified atom stereocenters. The molecule has 0 bridgehead atoms. The van der Waals surface area contributed by atoms with Gasteiger partial charge in [0.05, 0.1) is 25.0 Å². The zero-order valence-electron chi connectivity index (χ0n) is 12.6.